The van der Waals surface area contributed by atoms with E-state index in [1.54, 1.807) is 13.3 Å². The Labute approximate surface area is 169 Å². The molecule has 0 amide bonds. The molecule has 1 saturated heterocycles. The predicted molar refractivity (Wildman–Crippen MR) is 107 cm³/mol. The van der Waals surface area contributed by atoms with E-state index in [9.17, 15) is 8.78 Å². The number of aromatic amines is 1. The van der Waals surface area contributed by atoms with E-state index >= 15 is 0 Å². The number of nitrogens with one attached hydrogen (secondary N) is 1. The SMILES string of the molecule is COCCN1CCC(C)C1.Nc1ncc(-c2cnc(C3CC3)[nH]2)cc1OC(F)F. The van der Waals surface area contributed by atoms with Gasteiger partial charge in [-0.2, -0.15) is 8.78 Å². The van der Waals surface area contributed by atoms with Crippen molar-refractivity contribution in [3.63, 3.8) is 0 Å². The molecule has 3 heterocycles. The molecule has 4 rings (SSSR count). The molecular formula is C20H29F2N5O2. The third-order valence-corrected chi connectivity index (χ3v) is 5.09. The maximum absolute atomic E-state index is 12.2. The van der Waals surface area contributed by atoms with Gasteiger partial charge in [0.2, 0.25) is 0 Å². The zero-order chi connectivity index (χ0) is 20.8. The van der Waals surface area contributed by atoms with Crippen molar-refractivity contribution in [2.75, 3.05) is 39.1 Å². The highest BCUT2D eigenvalue weighted by Crippen LogP contribution is 2.39. The Morgan fingerprint density at radius 3 is 2.69 bits per heavy atom. The van der Waals surface area contributed by atoms with Crippen molar-refractivity contribution in [3.05, 3.63) is 24.3 Å². The number of nitrogens with two attached hydrogens (primary N) is 1. The summed E-state index contributed by atoms with van der Waals surface area (Å²) < 4.78 is 33.8. The number of ether oxygens (including phenoxy) is 2. The molecule has 2 aromatic rings. The number of nitrogens with zero attached hydrogens (tertiary/aromatic N) is 3. The monoisotopic (exact) mass is 409 g/mol. The fourth-order valence-electron chi connectivity index (χ4n) is 3.29. The van der Waals surface area contributed by atoms with E-state index in [0.29, 0.717) is 17.2 Å². The zero-order valence-electron chi connectivity index (χ0n) is 16.9. The Hall–Kier alpha value is -2.26. The molecule has 0 aromatic carbocycles. The second kappa shape index (κ2) is 9.98. The predicted octanol–water partition coefficient (Wildman–Crippen LogP) is 3.51. The molecule has 2 aliphatic rings. The van der Waals surface area contributed by atoms with Gasteiger partial charge in [-0.15, -0.1) is 0 Å². The van der Waals surface area contributed by atoms with Gasteiger partial charge in [0.1, 0.15) is 5.82 Å². The fraction of sp³-hybridized carbons (Fsp3) is 0.600. The molecule has 0 radical (unpaired) electrons. The first kappa shape index (κ1) is 21.4. The number of nitrogen functional groups attached to an aromatic ring is 1. The minimum Gasteiger partial charge on any atom is -0.431 e. The van der Waals surface area contributed by atoms with Crippen LogP contribution in [0.2, 0.25) is 0 Å². The fourth-order valence-corrected chi connectivity index (χ4v) is 3.29. The number of halogens is 2. The average molecular weight is 409 g/mol. The van der Waals surface area contributed by atoms with Crippen LogP contribution in [0.25, 0.3) is 11.3 Å². The van der Waals surface area contributed by atoms with Crippen LogP contribution in [0.5, 0.6) is 5.75 Å². The van der Waals surface area contributed by atoms with Crippen molar-refractivity contribution in [2.24, 2.45) is 5.92 Å². The number of likely N-dealkylation sites (tertiary alicyclic amines) is 1. The Morgan fingerprint density at radius 2 is 2.07 bits per heavy atom. The van der Waals surface area contributed by atoms with Crippen molar-refractivity contribution in [1.82, 2.24) is 19.9 Å². The van der Waals surface area contributed by atoms with Crippen molar-refractivity contribution < 1.29 is 18.3 Å². The summed E-state index contributed by atoms with van der Waals surface area (Å²) in [5.74, 6) is 2.12. The first-order valence-corrected chi connectivity index (χ1v) is 9.93. The second-order valence-corrected chi connectivity index (χ2v) is 7.63. The first-order valence-electron chi connectivity index (χ1n) is 9.93. The number of hydrogen-bond donors (Lipinski definition) is 2. The molecule has 0 bridgehead atoms. The van der Waals surface area contributed by atoms with E-state index in [-0.39, 0.29) is 11.6 Å². The van der Waals surface area contributed by atoms with E-state index < -0.39 is 6.61 Å². The molecule has 1 saturated carbocycles. The van der Waals surface area contributed by atoms with Crippen LogP contribution in [0.15, 0.2) is 18.5 Å². The lowest BCUT2D eigenvalue weighted by molar-refractivity contribution is -0.0494. The number of alkyl halides is 2. The van der Waals surface area contributed by atoms with Crippen LogP contribution in [-0.4, -0.2) is 59.8 Å². The third-order valence-electron chi connectivity index (χ3n) is 5.09. The van der Waals surface area contributed by atoms with Crippen molar-refractivity contribution in [1.29, 1.82) is 0 Å². The number of H-pyrrole nitrogens is 1. The summed E-state index contributed by atoms with van der Waals surface area (Å²) in [7, 11) is 1.76. The van der Waals surface area contributed by atoms with Gasteiger partial charge in [-0.05, 0) is 37.8 Å². The van der Waals surface area contributed by atoms with Crippen LogP contribution >= 0.6 is 0 Å². The lowest BCUT2D eigenvalue weighted by Crippen LogP contribution is -2.24. The highest BCUT2D eigenvalue weighted by Gasteiger charge is 2.26. The summed E-state index contributed by atoms with van der Waals surface area (Å²) in [6.45, 7) is 3.91. The van der Waals surface area contributed by atoms with Gasteiger partial charge in [0, 0.05) is 37.9 Å². The molecule has 160 valence electrons. The van der Waals surface area contributed by atoms with Crippen molar-refractivity contribution in [2.45, 2.75) is 38.7 Å². The average Bonchev–Trinajstić information content (AvgIpc) is 3.27. The van der Waals surface area contributed by atoms with E-state index in [0.717, 1.165) is 37.7 Å². The summed E-state index contributed by atoms with van der Waals surface area (Å²) in [6, 6.07) is 1.43. The summed E-state index contributed by atoms with van der Waals surface area (Å²) in [5.41, 5.74) is 6.82. The van der Waals surface area contributed by atoms with Crippen LogP contribution < -0.4 is 10.5 Å². The maximum atomic E-state index is 12.2. The number of hydrogen-bond acceptors (Lipinski definition) is 6. The van der Waals surface area contributed by atoms with E-state index in [2.05, 4.69) is 31.5 Å². The number of methoxy groups -OCH3 is 1. The summed E-state index contributed by atoms with van der Waals surface area (Å²) >= 11 is 0. The smallest absolute Gasteiger partial charge is 0.387 e. The van der Waals surface area contributed by atoms with Gasteiger partial charge >= 0.3 is 6.61 Å². The molecule has 2 fully saturated rings. The summed E-state index contributed by atoms with van der Waals surface area (Å²) in [4.78, 5) is 13.7. The van der Waals surface area contributed by atoms with Crippen LogP contribution in [0.4, 0.5) is 14.6 Å². The molecule has 0 spiro atoms. The topological polar surface area (TPSA) is 89.3 Å². The number of anilines is 1. The molecule has 1 atom stereocenters. The van der Waals surface area contributed by atoms with Gasteiger partial charge in [0.25, 0.3) is 0 Å². The summed E-state index contributed by atoms with van der Waals surface area (Å²) in [6.07, 6.45) is 6.79. The standard InChI is InChI=1S/C12H12F2N4O.C8H17NO/c13-12(14)19-9-3-7(4-16-10(9)15)8-5-17-11(18-8)6-1-2-6;1-8-3-4-9(7-8)5-6-10-2/h3-6,12H,1-2H2,(H2,15,16)(H,17,18);8H,3-7H2,1-2H3. The third kappa shape index (κ3) is 6.37. The highest BCUT2D eigenvalue weighted by atomic mass is 19.3. The van der Waals surface area contributed by atoms with Gasteiger partial charge in [-0.3, -0.25) is 0 Å². The van der Waals surface area contributed by atoms with Crippen molar-refractivity contribution >= 4 is 5.82 Å². The van der Waals surface area contributed by atoms with Crippen LogP contribution in [0.3, 0.4) is 0 Å². The molecule has 2 aromatic heterocycles. The van der Waals surface area contributed by atoms with Gasteiger partial charge in [0.15, 0.2) is 11.6 Å². The lowest BCUT2D eigenvalue weighted by Gasteiger charge is -2.13. The Kier molecular flexibility index (Phi) is 7.38. The van der Waals surface area contributed by atoms with Gasteiger partial charge in [-0.1, -0.05) is 6.92 Å². The molecular weight excluding hydrogens is 380 g/mol. The normalized spacial score (nSPS) is 19.3. The number of imidazole rings is 1. The maximum Gasteiger partial charge on any atom is 0.387 e. The highest BCUT2D eigenvalue weighted by molar-refractivity contribution is 5.63. The quantitative estimate of drug-likeness (QED) is 0.728. The van der Waals surface area contributed by atoms with Crippen molar-refractivity contribution in [3.8, 4) is 17.0 Å². The molecule has 7 nitrogen and oxygen atoms in total. The molecule has 9 heteroatoms. The number of rotatable bonds is 7. The number of pyridine rings is 1. The zero-order valence-corrected chi connectivity index (χ0v) is 16.9. The van der Waals surface area contributed by atoms with E-state index in [1.165, 1.54) is 31.8 Å². The summed E-state index contributed by atoms with van der Waals surface area (Å²) in [5, 5.41) is 0. The largest absolute Gasteiger partial charge is 0.431 e. The second-order valence-electron chi connectivity index (χ2n) is 7.63. The first-order chi connectivity index (χ1) is 14.0. The molecule has 29 heavy (non-hydrogen) atoms. The van der Waals surface area contributed by atoms with Gasteiger partial charge < -0.3 is 25.1 Å². The van der Waals surface area contributed by atoms with E-state index in [4.69, 9.17) is 10.5 Å². The molecule has 3 N–H and O–H groups in total. The minimum absolute atomic E-state index is 0.0639. The van der Waals surface area contributed by atoms with Crippen LogP contribution in [0, 0.1) is 5.92 Å². The molecule has 1 aliphatic heterocycles. The Balaban J connectivity index is 0.000000204. The Morgan fingerprint density at radius 1 is 1.28 bits per heavy atom. The molecule has 1 aliphatic carbocycles. The lowest BCUT2D eigenvalue weighted by atomic mass is 10.2. The van der Waals surface area contributed by atoms with Crippen LogP contribution in [-0.2, 0) is 4.74 Å². The van der Waals surface area contributed by atoms with Gasteiger partial charge in [-0.25, -0.2) is 9.97 Å². The van der Waals surface area contributed by atoms with Gasteiger partial charge in [0.05, 0.1) is 18.5 Å². The number of aromatic nitrogens is 3. The Bertz CT molecular complexity index is 782. The van der Waals surface area contributed by atoms with Crippen LogP contribution in [0.1, 0.15) is 37.9 Å². The van der Waals surface area contributed by atoms with E-state index in [1.807, 2.05) is 0 Å². The molecule has 1 unspecified atom stereocenters. The minimum atomic E-state index is -2.93.